The Morgan fingerprint density at radius 3 is 2.44 bits per heavy atom. The minimum atomic E-state index is 0.526. The summed E-state index contributed by atoms with van der Waals surface area (Å²) in [5.41, 5.74) is 2.56. The molecule has 0 aromatic heterocycles. The van der Waals surface area contributed by atoms with Gasteiger partial charge in [0, 0.05) is 38.5 Å². The lowest BCUT2D eigenvalue weighted by Crippen LogP contribution is -2.23. The second-order valence-electron chi connectivity index (χ2n) is 4.82. The lowest BCUT2D eigenvalue weighted by Gasteiger charge is -2.19. The molecule has 1 N–H and O–H groups in total. The highest BCUT2D eigenvalue weighted by Gasteiger charge is 2.01. The first-order chi connectivity index (χ1) is 8.63. The van der Waals surface area contributed by atoms with E-state index in [-0.39, 0.29) is 0 Å². The van der Waals surface area contributed by atoms with Gasteiger partial charge in [-0.05, 0) is 24.6 Å². The predicted molar refractivity (Wildman–Crippen MR) is 78.2 cm³/mol. The molecule has 0 aliphatic heterocycles. The number of nitrogens with one attached hydrogen (secondary N) is 1. The second-order valence-corrected chi connectivity index (χ2v) is 4.82. The van der Waals surface area contributed by atoms with Gasteiger partial charge in [0.25, 0.3) is 0 Å². The highest BCUT2D eigenvalue weighted by molar-refractivity contribution is 5.46. The first kappa shape index (κ1) is 15.0. The van der Waals surface area contributed by atoms with Crippen molar-refractivity contribution in [1.29, 1.82) is 0 Å². The molecule has 1 aromatic rings. The summed E-state index contributed by atoms with van der Waals surface area (Å²) < 4.78 is 5.36. The van der Waals surface area contributed by atoms with Crippen molar-refractivity contribution in [3.8, 4) is 0 Å². The van der Waals surface area contributed by atoms with Crippen molar-refractivity contribution in [2.75, 3.05) is 31.7 Å². The van der Waals surface area contributed by atoms with Gasteiger partial charge in [-0.15, -0.1) is 0 Å². The summed E-state index contributed by atoms with van der Waals surface area (Å²) in [6.45, 7) is 9.78. The average Bonchev–Trinajstić information content (AvgIpc) is 2.37. The number of anilines is 1. The van der Waals surface area contributed by atoms with Crippen LogP contribution in [0.4, 0.5) is 5.69 Å². The normalized spacial score (nSPS) is 10.9. The Balaban J connectivity index is 2.43. The topological polar surface area (TPSA) is 24.5 Å². The van der Waals surface area contributed by atoms with E-state index < -0.39 is 0 Å². The molecule has 0 bridgehead atoms. The summed E-state index contributed by atoms with van der Waals surface area (Å²) in [5.74, 6) is 0. The summed E-state index contributed by atoms with van der Waals surface area (Å²) >= 11 is 0. The van der Waals surface area contributed by atoms with Crippen molar-refractivity contribution in [3.05, 3.63) is 29.8 Å². The first-order valence-electron chi connectivity index (χ1n) is 6.74. The Kier molecular flexibility index (Phi) is 6.76. The van der Waals surface area contributed by atoms with E-state index >= 15 is 0 Å². The van der Waals surface area contributed by atoms with Crippen LogP contribution in [0.1, 0.15) is 26.3 Å². The number of nitrogens with zero attached hydrogens (tertiary/aromatic N) is 1. The van der Waals surface area contributed by atoms with Gasteiger partial charge >= 0.3 is 0 Å². The number of rotatable bonds is 8. The molecule has 0 saturated carbocycles. The zero-order chi connectivity index (χ0) is 13.4. The Hall–Kier alpha value is -1.06. The molecule has 0 fully saturated rings. The Bertz CT molecular complexity index is 322. The Morgan fingerprint density at radius 1 is 1.22 bits per heavy atom. The highest BCUT2D eigenvalue weighted by atomic mass is 16.5. The molecule has 0 amide bonds. The molecule has 0 heterocycles. The molecule has 0 atom stereocenters. The Labute approximate surface area is 111 Å². The van der Waals surface area contributed by atoms with Crippen LogP contribution in [0.15, 0.2) is 24.3 Å². The summed E-state index contributed by atoms with van der Waals surface area (Å²) in [5, 5.41) is 3.42. The molecule has 0 radical (unpaired) electrons. The van der Waals surface area contributed by atoms with Crippen LogP contribution in [0.25, 0.3) is 0 Å². The van der Waals surface area contributed by atoms with Crippen molar-refractivity contribution < 1.29 is 4.74 Å². The van der Waals surface area contributed by atoms with E-state index in [0.29, 0.717) is 6.04 Å². The third-order valence-electron chi connectivity index (χ3n) is 2.87. The fourth-order valence-corrected chi connectivity index (χ4v) is 1.67. The zero-order valence-electron chi connectivity index (χ0n) is 12.1. The van der Waals surface area contributed by atoms with Crippen LogP contribution in [0, 0.1) is 0 Å². The summed E-state index contributed by atoms with van der Waals surface area (Å²) in [6.07, 6.45) is 0. The molecule has 3 nitrogen and oxygen atoms in total. The van der Waals surface area contributed by atoms with Gasteiger partial charge in [0.2, 0.25) is 0 Å². The van der Waals surface area contributed by atoms with Crippen LogP contribution in [-0.4, -0.2) is 32.8 Å². The number of benzene rings is 1. The number of likely N-dealkylation sites (N-methyl/N-ethyl adjacent to an activating group) is 1. The van der Waals surface area contributed by atoms with Gasteiger partial charge in [-0.25, -0.2) is 0 Å². The first-order valence-corrected chi connectivity index (χ1v) is 6.74. The number of ether oxygens (including phenoxy) is 1. The quantitative estimate of drug-likeness (QED) is 0.718. The van der Waals surface area contributed by atoms with Crippen molar-refractivity contribution in [2.45, 2.75) is 33.4 Å². The lowest BCUT2D eigenvalue weighted by atomic mass is 10.2. The fraction of sp³-hybridized carbons (Fsp3) is 0.600. The molecule has 1 aromatic carbocycles. The molecule has 18 heavy (non-hydrogen) atoms. The Morgan fingerprint density at radius 2 is 1.89 bits per heavy atom. The molecule has 0 aliphatic rings. The van der Waals surface area contributed by atoms with Crippen molar-refractivity contribution in [2.24, 2.45) is 0 Å². The molecule has 3 heteroatoms. The van der Waals surface area contributed by atoms with Crippen LogP contribution in [0.3, 0.4) is 0 Å². The van der Waals surface area contributed by atoms with Crippen molar-refractivity contribution in [3.63, 3.8) is 0 Å². The van der Waals surface area contributed by atoms with Crippen LogP contribution < -0.4 is 10.2 Å². The van der Waals surface area contributed by atoms with Crippen LogP contribution in [0.5, 0.6) is 0 Å². The smallest absolute Gasteiger partial charge is 0.0641 e. The number of hydrogen-bond acceptors (Lipinski definition) is 3. The zero-order valence-corrected chi connectivity index (χ0v) is 12.1. The van der Waals surface area contributed by atoms with Gasteiger partial charge in [-0.1, -0.05) is 26.0 Å². The van der Waals surface area contributed by atoms with Gasteiger partial charge in [0.15, 0.2) is 0 Å². The van der Waals surface area contributed by atoms with Crippen LogP contribution in [-0.2, 0) is 11.3 Å². The van der Waals surface area contributed by atoms with Gasteiger partial charge in [0.1, 0.15) is 0 Å². The van der Waals surface area contributed by atoms with Crippen molar-refractivity contribution >= 4 is 5.69 Å². The molecule has 102 valence electrons. The maximum absolute atomic E-state index is 5.36. The van der Waals surface area contributed by atoms with Crippen molar-refractivity contribution in [1.82, 2.24) is 5.32 Å². The average molecular weight is 250 g/mol. The van der Waals surface area contributed by atoms with E-state index in [4.69, 9.17) is 4.74 Å². The van der Waals surface area contributed by atoms with E-state index in [9.17, 15) is 0 Å². The van der Waals surface area contributed by atoms with Gasteiger partial charge in [-0.3, -0.25) is 0 Å². The maximum Gasteiger partial charge on any atom is 0.0641 e. The molecule has 0 unspecified atom stereocenters. The lowest BCUT2D eigenvalue weighted by molar-refractivity contribution is 0.154. The van der Waals surface area contributed by atoms with Crippen LogP contribution >= 0.6 is 0 Å². The van der Waals surface area contributed by atoms with Gasteiger partial charge in [-0.2, -0.15) is 0 Å². The molecule has 0 saturated heterocycles. The minimum absolute atomic E-state index is 0.526. The van der Waals surface area contributed by atoms with E-state index in [1.54, 1.807) is 0 Å². The highest BCUT2D eigenvalue weighted by Crippen LogP contribution is 2.13. The fourth-order valence-electron chi connectivity index (χ4n) is 1.67. The second kappa shape index (κ2) is 8.11. The monoisotopic (exact) mass is 250 g/mol. The molecule has 1 rings (SSSR count). The SMILES string of the molecule is CCOCCN(C)c1ccc(CNC(C)C)cc1. The molecular weight excluding hydrogens is 224 g/mol. The molecule has 0 aliphatic carbocycles. The number of hydrogen-bond donors (Lipinski definition) is 1. The molecular formula is C15H26N2O. The summed E-state index contributed by atoms with van der Waals surface area (Å²) in [7, 11) is 2.10. The third-order valence-corrected chi connectivity index (χ3v) is 2.87. The predicted octanol–water partition coefficient (Wildman–Crippen LogP) is 2.66. The summed E-state index contributed by atoms with van der Waals surface area (Å²) in [6, 6.07) is 9.23. The van der Waals surface area contributed by atoms with E-state index in [1.807, 2.05) is 6.92 Å². The van der Waals surface area contributed by atoms with E-state index in [1.165, 1.54) is 11.3 Å². The standard InChI is InChI=1S/C15H26N2O/c1-5-18-11-10-17(4)15-8-6-14(7-9-15)12-16-13(2)3/h6-9,13,16H,5,10-12H2,1-4H3. The maximum atomic E-state index is 5.36. The minimum Gasteiger partial charge on any atom is -0.380 e. The van der Waals surface area contributed by atoms with E-state index in [2.05, 4.69) is 55.4 Å². The van der Waals surface area contributed by atoms with Crippen LogP contribution in [0.2, 0.25) is 0 Å². The van der Waals surface area contributed by atoms with Gasteiger partial charge < -0.3 is 15.0 Å². The largest absolute Gasteiger partial charge is 0.380 e. The van der Waals surface area contributed by atoms with E-state index in [0.717, 1.165) is 26.3 Å². The van der Waals surface area contributed by atoms with Gasteiger partial charge in [0.05, 0.1) is 6.61 Å². The molecule has 0 spiro atoms. The third kappa shape index (κ3) is 5.52. The summed E-state index contributed by atoms with van der Waals surface area (Å²) in [4.78, 5) is 2.22.